The van der Waals surface area contributed by atoms with Crippen molar-refractivity contribution in [3.8, 4) is 0 Å². The summed E-state index contributed by atoms with van der Waals surface area (Å²) in [6.07, 6.45) is 4.10. The minimum Gasteiger partial charge on any atom is -0.300 e. The standard InChI is InChI=1S/C8H15N3O/c1-2-8(12)6-4-3-5-7-10-11-9/h2-7H2,1H3. The smallest absolute Gasteiger partial charge is 0.132 e. The number of hydrogen-bond donors (Lipinski definition) is 0. The summed E-state index contributed by atoms with van der Waals surface area (Å²) in [4.78, 5) is 13.5. The highest BCUT2D eigenvalue weighted by molar-refractivity contribution is 5.77. The molecule has 0 heterocycles. The van der Waals surface area contributed by atoms with Gasteiger partial charge in [0.05, 0.1) is 0 Å². The molecule has 0 N–H and O–H groups in total. The molecule has 0 spiro atoms. The van der Waals surface area contributed by atoms with Gasteiger partial charge in [0.1, 0.15) is 5.78 Å². The van der Waals surface area contributed by atoms with E-state index in [0.29, 0.717) is 25.2 Å². The Morgan fingerprint density at radius 1 is 1.42 bits per heavy atom. The van der Waals surface area contributed by atoms with Gasteiger partial charge in [-0.3, -0.25) is 4.79 Å². The number of unbranched alkanes of at least 4 members (excludes halogenated alkanes) is 2. The van der Waals surface area contributed by atoms with Crippen LogP contribution in [0.2, 0.25) is 0 Å². The van der Waals surface area contributed by atoms with Crippen molar-refractivity contribution in [2.45, 2.75) is 39.0 Å². The number of rotatable bonds is 7. The van der Waals surface area contributed by atoms with Crippen LogP contribution in [0.1, 0.15) is 39.0 Å². The average molecular weight is 169 g/mol. The van der Waals surface area contributed by atoms with Crippen molar-refractivity contribution in [1.82, 2.24) is 0 Å². The fourth-order valence-corrected chi connectivity index (χ4v) is 0.903. The van der Waals surface area contributed by atoms with Crippen LogP contribution >= 0.6 is 0 Å². The molecule has 0 fully saturated rings. The summed E-state index contributed by atoms with van der Waals surface area (Å²) in [6, 6.07) is 0. The molecule has 0 aliphatic rings. The number of carbonyl (C=O) groups excluding carboxylic acids is 1. The van der Waals surface area contributed by atoms with Gasteiger partial charge < -0.3 is 0 Å². The van der Waals surface area contributed by atoms with E-state index in [2.05, 4.69) is 10.0 Å². The second kappa shape index (κ2) is 8.08. The van der Waals surface area contributed by atoms with Crippen molar-refractivity contribution in [2.24, 2.45) is 5.11 Å². The first-order valence-electron chi connectivity index (χ1n) is 4.33. The van der Waals surface area contributed by atoms with E-state index in [1.54, 1.807) is 0 Å². The third kappa shape index (κ3) is 7.09. The van der Waals surface area contributed by atoms with Gasteiger partial charge >= 0.3 is 0 Å². The van der Waals surface area contributed by atoms with Crippen LogP contribution in [-0.4, -0.2) is 12.3 Å². The topological polar surface area (TPSA) is 65.8 Å². The molecular weight excluding hydrogens is 154 g/mol. The summed E-state index contributed by atoms with van der Waals surface area (Å²) in [5, 5.41) is 3.40. The molecule has 0 rings (SSSR count). The molecule has 0 aliphatic carbocycles. The Morgan fingerprint density at radius 2 is 2.17 bits per heavy atom. The highest BCUT2D eigenvalue weighted by Crippen LogP contribution is 2.02. The second-order valence-electron chi connectivity index (χ2n) is 2.66. The second-order valence-corrected chi connectivity index (χ2v) is 2.66. The number of hydrogen-bond acceptors (Lipinski definition) is 2. The maximum Gasteiger partial charge on any atom is 0.132 e. The van der Waals surface area contributed by atoms with Crippen LogP contribution in [0, 0.1) is 0 Å². The lowest BCUT2D eigenvalue weighted by molar-refractivity contribution is -0.118. The van der Waals surface area contributed by atoms with E-state index in [1.807, 2.05) is 6.92 Å². The fourth-order valence-electron chi connectivity index (χ4n) is 0.903. The predicted molar refractivity (Wildman–Crippen MR) is 47.8 cm³/mol. The normalized spacial score (nSPS) is 9.08. The fraction of sp³-hybridized carbons (Fsp3) is 0.875. The van der Waals surface area contributed by atoms with Crippen LogP contribution in [0.3, 0.4) is 0 Å². The Hall–Kier alpha value is -1.02. The summed E-state index contributed by atoms with van der Waals surface area (Å²) in [6.45, 7) is 2.43. The highest BCUT2D eigenvalue weighted by Gasteiger charge is 1.96. The lowest BCUT2D eigenvalue weighted by atomic mass is 10.1. The first-order valence-corrected chi connectivity index (χ1v) is 4.33. The Morgan fingerprint density at radius 3 is 2.75 bits per heavy atom. The summed E-state index contributed by atoms with van der Waals surface area (Å²) in [7, 11) is 0. The van der Waals surface area contributed by atoms with Crippen LogP contribution in [0.25, 0.3) is 10.4 Å². The maximum atomic E-state index is 10.8. The van der Waals surface area contributed by atoms with Gasteiger partial charge in [-0.2, -0.15) is 0 Å². The molecule has 0 aliphatic heterocycles. The van der Waals surface area contributed by atoms with E-state index in [9.17, 15) is 4.79 Å². The van der Waals surface area contributed by atoms with Crippen molar-refractivity contribution in [1.29, 1.82) is 0 Å². The molecule has 0 amide bonds. The van der Waals surface area contributed by atoms with Crippen LogP contribution < -0.4 is 0 Å². The van der Waals surface area contributed by atoms with Crippen molar-refractivity contribution in [3.63, 3.8) is 0 Å². The molecular formula is C8H15N3O. The summed E-state index contributed by atoms with van der Waals surface area (Å²) >= 11 is 0. The van der Waals surface area contributed by atoms with Crippen molar-refractivity contribution in [2.75, 3.05) is 6.54 Å². The van der Waals surface area contributed by atoms with Crippen LogP contribution in [-0.2, 0) is 4.79 Å². The van der Waals surface area contributed by atoms with E-state index >= 15 is 0 Å². The third-order valence-corrected chi connectivity index (χ3v) is 1.67. The first kappa shape index (κ1) is 11.0. The Labute approximate surface area is 72.6 Å². The van der Waals surface area contributed by atoms with Gasteiger partial charge in [-0.1, -0.05) is 18.5 Å². The zero-order valence-electron chi connectivity index (χ0n) is 7.49. The number of azide groups is 1. The molecule has 0 radical (unpaired) electrons. The largest absolute Gasteiger partial charge is 0.300 e. The molecule has 12 heavy (non-hydrogen) atoms. The molecule has 0 atom stereocenters. The minimum atomic E-state index is 0.318. The van der Waals surface area contributed by atoms with Gasteiger partial charge in [0, 0.05) is 24.3 Å². The quantitative estimate of drug-likeness (QED) is 0.250. The predicted octanol–water partition coefficient (Wildman–Crippen LogP) is 2.84. The molecule has 68 valence electrons. The Bertz CT molecular complexity index is 173. The average Bonchev–Trinajstić information content (AvgIpc) is 2.10. The Kier molecular flexibility index (Phi) is 7.39. The SMILES string of the molecule is CCC(=O)CCCCCN=[N+]=[N-]. The molecule has 0 aromatic heterocycles. The van der Waals surface area contributed by atoms with E-state index < -0.39 is 0 Å². The molecule has 4 heteroatoms. The lowest BCUT2D eigenvalue weighted by Crippen LogP contribution is -1.94. The van der Waals surface area contributed by atoms with Crippen LogP contribution in [0.15, 0.2) is 5.11 Å². The van der Waals surface area contributed by atoms with Gasteiger partial charge in [-0.15, -0.1) is 0 Å². The number of nitrogens with zero attached hydrogens (tertiary/aromatic N) is 3. The molecule has 4 nitrogen and oxygen atoms in total. The molecule has 0 aromatic rings. The van der Waals surface area contributed by atoms with Gasteiger partial charge in [0.15, 0.2) is 0 Å². The monoisotopic (exact) mass is 169 g/mol. The summed E-state index contributed by atoms with van der Waals surface area (Å²) in [5.41, 5.74) is 7.95. The molecule has 0 saturated heterocycles. The summed E-state index contributed by atoms with van der Waals surface area (Å²) in [5.74, 6) is 0.318. The third-order valence-electron chi connectivity index (χ3n) is 1.67. The van der Waals surface area contributed by atoms with E-state index in [-0.39, 0.29) is 0 Å². The van der Waals surface area contributed by atoms with E-state index in [0.717, 1.165) is 19.3 Å². The zero-order chi connectivity index (χ0) is 9.23. The van der Waals surface area contributed by atoms with Gasteiger partial charge in [-0.05, 0) is 18.4 Å². The van der Waals surface area contributed by atoms with Crippen molar-refractivity contribution in [3.05, 3.63) is 10.4 Å². The lowest BCUT2D eigenvalue weighted by Gasteiger charge is -1.96. The van der Waals surface area contributed by atoms with Crippen LogP contribution in [0.5, 0.6) is 0 Å². The maximum absolute atomic E-state index is 10.8. The highest BCUT2D eigenvalue weighted by atomic mass is 16.1. The Balaban J connectivity index is 3.10. The van der Waals surface area contributed by atoms with Gasteiger partial charge in [0.25, 0.3) is 0 Å². The van der Waals surface area contributed by atoms with Crippen LogP contribution in [0.4, 0.5) is 0 Å². The van der Waals surface area contributed by atoms with Gasteiger partial charge in [0.2, 0.25) is 0 Å². The van der Waals surface area contributed by atoms with Crippen molar-refractivity contribution >= 4 is 5.78 Å². The van der Waals surface area contributed by atoms with Gasteiger partial charge in [-0.25, -0.2) is 0 Å². The number of ketones is 1. The molecule has 0 bridgehead atoms. The van der Waals surface area contributed by atoms with E-state index in [1.165, 1.54) is 0 Å². The van der Waals surface area contributed by atoms with Crippen molar-refractivity contribution < 1.29 is 4.79 Å². The molecule has 0 aromatic carbocycles. The minimum absolute atomic E-state index is 0.318. The van der Waals surface area contributed by atoms with E-state index in [4.69, 9.17) is 5.53 Å². The number of Topliss-reactive ketones (excluding diaryl/α,β-unsaturated/α-hetero) is 1. The molecule has 0 unspecified atom stereocenters. The zero-order valence-corrected chi connectivity index (χ0v) is 7.49. The molecule has 0 saturated carbocycles. The first-order chi connectivity index (χ1) is 5.81. The summed E-state index contributed by atoms with van der Waals surface area (Å²) < 4.78 is 0. The number of carbonyl (C=O) groups is 1.